The van der Waals surface area contributed by atoms with Crippen LogP contribution in [0.2, 0.25) is 0 Å². The van der Waals surface area contributed by atoms with Crippen LogP contribution in [0.1, 0.15) is 6.42 Å². The Balaban J connectivity index is 2.81. The summed E-state index contributed by atoms with van der Waals surface area (Å²) in [5.74, 6) is -0.294. The minimum atomic E-state index is -3.50. The lowest BCUT2D eigenvalue weighted by Crippen LogP contribution is -2.39. The van der Waals surface area contributed by atoms with Crippen LogP contribution in [0.4, 0.5) is 0 Å². The molecule has 0 aromatic heterocycles. The number of rotatable bonds is 4. The quantitative estimate of drug-likeness (QED) is 0.653. The molecule has 0 spiro atoms. The van der Waals surface area contributed by atoms with Gasteiger partial charge < -0.3 is 5.73 Å². The van der Waals surface area contributed by atoms with Gasteiger partial charge in [-0.25, -0.2) is 21.1 Å². The molecule has 0 radical (unpaired) electrons. The second kappa shape index (κ2) is 4.36. The first-order chi connectivity index (χ1) is 6.79. The Morgan fingerprint density at radius 3 is 2.47 bits per heavy atom. The van der Waals surface area contributed by atoms with E-state index in [1.54, 1.807) is 0 Å². The maximum absolute atomic E-state index is 11.8. The van der Waals surface area contributed by atoms with Crippen LogP contribution in [0, 0.1) is 0 Å². The van der Waals surface area contributed by atoms with Gasteiger partial charge in [0.15, 0.2) is 9.84 Å². The molecule has 0 amide bonds. The molecule has 0 saturated carbocycles. The Bertz CT molecular complexity index is 414. The van der Waals surface area contributed by atoms with E-state index in [4.69, 9.17) is 5.73 Å². The van der Waals surface area contributed by atoms with Crippen molar-refractivity contribution in [3.63, 3.8) is 0 Å². The number of sulfone groups is 1. The van der Waals surface area contributed by atoms with Crippen LogP contribution in [-0.4, -0.2) is 58.0 Å². The molecular weight excluding hydrogens is 240 g/mol. The first-order valence-electron chi connectivity index (χ1n) is 4.65. The van der Waals surface area contributed by atoms with Crippen molar-refractivity contribution in [3.05, 3.63) is 0 Å². The zero-order valence-electron chi connectivity index (χ0n) is 8.59. The van der Waals surface area contributed by atoms with Crippen LogP contribution in [-0.2, 0) is 19.9 Å². The van der Waals surface area contributed by atoms with Gasteiger partial charge in [0, 0.05) is 20.1 Å². The second-order valence-electron chi connectivity index (χ2n) is 3.68. The fraction of sp³-hybridized carbons (Fsp3) is 1.00. The molecule has 0 bridgehead atoms. The Morgan fingerprint density at radius 2 is 2.07 bits per heavy atom. The van der Waals surface area contributed by atoms with Crippen LogP contribution in [0.3, 0.4) is 0 Å². The first-order valence-corrected chi connectivity index (χ1v) is 7.98. The number of sulfonamides is 1. The minimum Gasteiger partial charge on any atom is -0.329 e. The summed E-state index contributed by atoms with van der Waals surface area (Å²) in [5, 5.41) is -0.793. The molecule has 1 aliphatic rings. The maximum atomic E-state index is 11.8. The largest absolute Gasteiger partial charge is 0.329 e. The fourth-order valence-electron chi connectivity index (χ4n) is 1.56. The van der Waals surface area contributed by atoms with Gasteiger partial charge in [0.2, 0.25) is 10.0 Å². The Kier molecular flexibility index (Phi) is 3.75. The van der Waals surface area contributed by atoms with Crippen molar-refractivity contribution in [2.45, 2.75) is 11.7 Å². The third-order valence-electron chi connectivity index (χ3n) is 2.49. The number of hydrogen-bond donors (Lipinski definition) is 1. The van der Waals surface area contributed by atoms with E-state index in [9.17, 15) is 16.8 Å². The number of nitrogens with two attached hydrogens (primary N) is 1. The number of hydrogen-bond acceptors (Lipinski definition) is 5. The molecule has 90 valence electrons. The standard InChI is InChI=1S/C7H16N2O4S2/c1-9(4-3-8)15(12,13)7-2-5-14(10,11)6-7/h7H,2-6,8H2,1H3. The van der Waals surface area contributed by atoms with Crippen molar-refractivity contribution in [3.8, 4) is 0 Å². The van der Waals surface area contributed by atoms with Crippen LogP contribution in [0.25, 0.3) is 0 Å². The molecule has 1 heterocycles. The van der Waals surface area contributed by atoms with E-state index in [1.807, 2.05) is 0 Å². The molecule has 1 rings (SSSR count). The normalized spacial score (nSPS) is 25.9. The Labute approximate surface area is 90.4 Å². The molecule has 2 N–H and O–H groups in total. The molecule has 0 aliphatic carbocycles. The van der Waals surface area contributed by atoms with Gasteiger partial charge in [-0.1, -0.05) is 0 Å². The van der Waals surface area contributed by atoms with E-state index in [0.29, 0.717) is 0 Å². The van der Waals surface area contributed by atoms with E-state index in [2.05, 4.69) is 0 Å². The van der Waals surface area contributed by atoms with Crippen molar-refractivity contribution in [1.29, 1.82) is 0 Å². The highest BCUT2D eigenvalue weighted by Crippen LogP contribution is 2.20. The van der Waals surface area contributed by atoms with Gasteiger partial charge in [0.25, 0.3) is 0 Å². The lowest BCUT2D eigenvalue weighted by molar-refractivity contribution is 0.467. The van der Waals surface area contributed by atoms with E-state index in [-0.39, 0.29) is 31.0 Å². The molecule has 8 heteroatoms. The van der Waals surface area contributed by atoms with Crippen LogP contribution in [0.5, 0.6) is 0 Å². The highest BCUT2D eigenvalue weighted by molar-refractivity contribution is 7.95. The fourth-order valence-corrected chi connectivity index (χ4v) is 5.85. The second-order valence-corrected chi connectivity index (χ2v) is 8.23. The predicted molar refractivity (Wildman–Crippen MR) is 57.7 cm³/mol. The smallest absolute Gasteiger partial charge is 0.217 e. The average molecular weight is 256 g/mol. The third kappa shape index (κ3) is 2.90. The lowest BCUT2D eigenvalue weighted by Gasteiger charge is -2.19. The summed E-state index contributed by atoms with van der Waals surface area (Å²) in [6.07, 6.45) is 0.194. The molecule has 6 nitrogen and oxygen atoms in total. The molecule has 1 fully saturated rings. The summed E-state index contributed by atoms with van der Waals surface area (Å²) in [6.45, 7) is 0.452. The monoisotopic (exact) mass is 256 g/mol. The molecule has 1 aliphatic heterocycles. The van der Waals surface area contributed by atoms with E-state index >= 15 is 0 Å². The lowest BCUT2D eigenvalue weighted by atomic mass is 10.4. The minimum absolute atomic E-state index is 0.0344. The van der Waals surface area contributed by atoms with Gasteiger partial charge in [-0.2, -0.15) is 0 Å². The summed E-state index contributed by atoms with van der Waals surface area (Å²) in [5.41, 5.74) is 5.25. The van der Waals surface area contributed by atoms with Crippen molar-refractivity contribution >= 4 is 19.9 Å². The highest BCUT2D eigenvalue weighted by Gasteiger charge is 2.38. The molecule has 0 aromatic carbocycles. The van der Waals surface area contributed by atoms with Crippen molar-refractivity contribution in [1.82, 2.24) is 4.31 Å². The highest BCUT2D eigenvalue weighted by atomic mass is 32.2. The van der Waals surface area contributed by atoms with Crippen LogP contribution in [0.15, 0.2) is 0 Å². The molecule has 0 aromatic rings. The molecular formula is C7H16N2O4S2. The third-order valence-corrected chi connectivity index (χ3v) is 6.77. The molecule has 1 unspecified atom stereocenters. The van der Waals surface area contributed by atoms with Gasteiger partial charge in [0.05, 0.1) is 16.8 Å². The van der Waals surface area contributed by atoms with Crippen molar-refractivity contribution in [2.75, 3.05) is 31.6 Å². The topological polar surface area (TPSA) is 97.5 Å². The summed E-state index contributed by atoms with van der Waals surface area (Å²) < 4.78 is 47.1. The zero-order valence-corrected chi connectivity index (χ0v) is 10.2. The van der Waals surface area contributed by atoms with E-state index in [1.165, 1.54) is 7.05 Å². The van der Waals surface area contributed by atoms with Crippen LogP contribution >= 0.6 is 0 Å². The van der Waals surface area contributed by atoms with Gasteiger partial charge in [-0.05, 0) is 6.42 Å². The van der Waals surface area contributed by atoms with Crippen molar-refractivity contribution < 1.29 is 16.8 Å². The summed E-state index contributed by atoms with van der Waals surface area (Å²) in [4.78, 5) is 0. The van der Waals surface area contributed by atoms with Crippen LogP contribution < -0.4 is 5.73 Å². The number of nitrogens with zero attached hydrogens (tertiary/aromatic N) is 1. The average Bonchev–Trinajstić information content (AvgIpc) is 2.47. The van der Waals surface area contributed by atoms with Gasteiger partial charge >= 0.3 is 0 Å². The molecule has 1 saturated heterocycles. The Hall–Kier alpha value is -0.180. The number of likely N-dealkylation sites (N-methyl/N-ethyl adjacent to an activating group) is 1. The van der Waals surface area contributed by atoms with Gasteiger partial charge in [0.1, 0.15) is 0 Å². The van der Waals surface area contributed by atoms with E-state index in [0.717, 1.165) is 4.31 Å². The summed E-state index contributed by atoms with van der Waals surface area (Å²) in [6, 6.07) is 0. The van der Waals surface area contributed by atoms with Crippen molar-refractivity contribution in [2.24, 2.45) is 5.73 Å². The first kappa shape index (κ1) is 12.9. The summed E-state index contributed by atoms with van der Waals surface area (Å²) >= 11 is 0. The van der Waals surface area contributed by atoms with Gasteiger partial charge in [-0.3, -0.25) is 0 Å². The maximum Gasteiger partial charge on any atom is 0.217 e. The zero-order chi connectivity index (χ0) is 11.7. The predicted octanol–water partition coefficient (Wildman–Crippen LogP) is -1.61. The summed E-state index contributed by atoms with van der Waals surface area (Å²) in [7, 11) is -5.24. The van der Waals surface area contributed by atoms with E-state index < -0.39 is 25.1 Å². The molecule has 1 atom stereocenters. The SMILES string of the molecule is CN(CCN)S(=O)(=O)C1CCS(=O)(=O)C1. The molecule has 15 heavy (non-hydrogen) atoms. The Morgan fingerprint density at radius 1 is 1.47 bits per heavy atom. The van der Waals surface area contributed by atoms with Gasteiger partial charge in [-0.15, -0.1) is 0 Å².